The third kappa shape index (κ3) is 3.03. The molecular formula is C24H23N3O2. The van der Waals surface area contributed by atoms with Gasteiger partial charge in [0.25, 0.3) is 5.91 Å². The molecule has 1 fully saturated rings. The van der Waals surface area contributed by atoms with E-state index in [0.29, 0.717) is 18.7 Å². The van der Waals surface area contributed by atoms with Gasteiger partial charge in [0.15, 0.2) is 0 Å². The normalized spacial score (nSPS) is 23.1. The van der Waals surface area contributed by atoms with Crippen LogP contribution in [0.2, 0.25) is 0 Å². The summed E-state index contributed by atoms with van der Waals surface area (Å²) in [7, 11) is 0. The van der Waals surface area contributed by atoms with Gasteiger partial charge in [0.1, 0.15) is 0 Å². The molecule has 3 atom stereocenters. The summed E-state index contributed by atoms with van der Waals surface area (Å²) in [6.45, 7) is 1.37. The summed E-state index contributed by atoms with van der Waals surface area (Å²) in [4.78, 5) is 21.9. The summed E-state index contributed by atoms with van der Waals surface area (Å²) in [6.07, 6.45) is 1.79. The number of aliphatic hydroxyl groups excluding tert-OH is 1. The van der Waals surface area contributed by atoms with Gasteiger partial charge in [0, 0.05) is 48.5 Å². The highest BCUT2D eigenvalue weighted by molar-refractivity contribution is 6.07. The van der Waals surface area contributed by atoms with E-state index in [4.69, 9.17) is 0 Å². The first-order valence-electron chi connectivity index (χ1n) is 10.0. The average molecular weight is 385 g/mol. The van der Waals surface area contributed by atoms with Gasteiger partial charge in [-0.15, -0.1) is 0 Å². The second-order valence-corrected chi connectivity index (χ2v) is 7.68. The Morgan fingerprint density at radius 1 is 1.00 bits per heavy atom. The Kier molecular flexibility index (Phi) is 4.62. The van der Waals surface area contributed by atoms with Crippen LogP contribution in [0.5, 0.6) is 0 Å². The maximum atomic E-state index is 13.3. The minimum Gasteiger partial charge on any atom is -0.395 e. The first-order valence-corrected chi connectivity index (χ1v) is 10.0. The van der Waals surface area contributed by atoms with Crippen LogP contribution in [0.4, 0.5) is 5.69 Å². The number of benzene rings is 2. The van der Waals surface area contributed by atoms with Crippen molar-refractivity contribution in [3.8, 4) is 0 Å². The van der Waals surface area contributed by atoms with Gasteiger partial charge in [0.05, 0.1) is 12.3 Å². The van der Waals surface area contributed by atoms with Crippen LogP contribution in [-0.4, -0.2) is 46.1 Å². The fourth-order valence-electron chi connectivity index (χ4n) is 4.81. The predicted molar refractivity (Wildman–Crippen MR) is 112 cm³/mol. The molecule has 0 bridgehead atoms. The number of carbonyl (C=O) groups excluding carboxylic acids is 1. The van der Waals surface area contributed by atoms with Crippen LogP contribution in [0.3, 0.4) is 0 Å². The number of nitrogens with zero attached hydrogens (tertiary/aromatic N) is 3. The lowest BCUT2D eigenvalue weighted by molar-refractivity contribution is -0.0496. The lowest BCUT2D eigenvalue weighted by atomic mass is 9.71. The first kappa shape index (κ1) is 18.0. The topological polar surface area (TPSA) is 56.7 Å². The largest absolute Gasteiger partial charge is 0.395 e. The smallest absolute Gasteiger partial charge is 0.258 e. The van der Waals surface area contributed by atoms with E-state index in [1.54, 1.807) is 6.20 Å². The van der Waals surface area contributed by atoms with Crippen molar-refractivity contribution in [3.63, 3.8) is 0 Å². The van der Waals surface area contributed by atoms with E-state index in [-0.39, 0.29) is 30.5 Å². The fraction of sp³-hybridized carbons (Fsp3) is 0.250. The maximum Gasteiger partial charge on any atom is 0.258 e. The molecule has 5 rings (SSSR count). The van der Waals surface area contributed by atoms with Crippen molar-refractivity contribution in [2.75, 3.05) is 18.1 Å². The molecule has 3 heterocycles. The number of amides is 1. The Bertz CT molecular complexity index is 1010. The van der Waals surface area contributed by atoms with E-state index >= 15 is 0 Å². The van der Waals surface area contributed by atoms with Crippen molar-refractivity contribution in [1.82, 2.24) is 9.88 Å². The number of likely N-dealkylation sites (tertiary alicyclic amines) is 1. The van der Waals surface area contributed by atoms with Crippen molar-refractivity contribution in [3.05, 3.63) is 95.8 Å². The Balaban J connectivity index is 1.50. The molecular weight excluding hydrogens is 362 g/mol. The fourth-order valence-corrected chi connectivity index (χ4v) is 4.81. The highest BCUT2D eigenvalue weighted by Crippen LogP contribution is 2.48. The van der Waals surface area contributed by atoms with E-state index in [1.165, 1.54) is 0 Å². The number of rotatable bonds is 4. The second kappa shape index (κ2) is 7.43. The second-order valence-electron chi connectivity index (χ2n) is 7.68. The van der Waals surface area contributed by atoms with Gasteiger partial charge in [-0.25, -0.2) is 0 Å². The lowest BCUT2D eigenvalue weighted by Crippen LogP contribution is -2.68. The van der Waals surface area contributed by atoms with Crippen LogP contribution in [0.15, 0.2) is 79.0 Å². The Hall–Kier alpha value is -3.02. The molecule has 2 aliphatic rings. The minimum absolute atomic E-state index is 0.0155. The molecule has 0 saturated carbocycles. The van der Waals surface area contributed by atoms with E-state index in [1.807, 2.05) is 71.6 Å². The number of hydrogen-bond donors (Lipinski definition) is 1. The van der Waals surface area contributed by atoms with Crippen molar-refractivity contribution >= 4 is 11.6 Å². The Labute approximate surface area is 170 Å². The van der Waals surface area contributed by atoms with Crippen LogP contribution < -0.4 is 4.90 Å². The molecule has 1 amide bonds. The lowest BCUT2D eigenvalue weighted by Gasteiger charge is -2.59. The number of anilines is 1. The van der Waals surface area contributed by atoms with E-state index < -0.39 is 0 Å². The molecule has 0 unspecified atom stereocenters. The molecule has 29 heavy (non-hydrogen) atoms. The van der Waals surface area contributed by atoms with E-state index in [9.17, 15) is 9.90 Å². The summed E-state index contributed by atoms with van der Waals surface area (Å²) in [5, 5.41) is 10.1. The first-order chi connectivity index (χ1) is 14.3. The van der Waals surface area contributed by atoms with Gasteiger partial charge >= 0.3 is 0 Å². The predicted octanol–water partition coefficient (Wildman–Crippen LogP) is 3.07. The quantitative estimate of drug-likeness (QED) is 0.750. The van der Waals surface area contributed by atoms with Gasteiger partial charge in [0.2, 0.25) is 0 Å². The summed E-state index contributed by atoms with van der Waals surface area (Å²) >= 11 is 0. The molecule has 5 heteroatoms. The molecule has 3 aromatic rings. The van der Waals surface area contributed by atoms with Crippen molar-refractivity contribution in [2.24, 2.45) is 0 Å². The molecule has 0 radical (unpaired) electrons. The molecule has 5 nitrogen and oxygen atoms in total. The maximum absolute atomic E-state index is 13.3. The zero-order valence-corrected chi connectivity index (χ0v) is 16.1. The Morgan fingerprint density at radius 2 is 1.76 bits per heavy atom. The molecule has 2 aromatic carbocycles. The summed E-state index contributed by atoms with van der Waals surface area (Å²) in [5.74, 6) is 0.237. The number of para-hydroxylation sites is 1. The van der Waals surface area contributed by atoms with Gasteiger partial charge in [-0.05, 0) is 35.9 Å². The highest BCUT2D eigenvalue weighted by Gasteiger charge is 2.53. The van der Waals surface area contributed by atoms with Crippen molar-refractivity contribution < 1.29 is 9.90 Å². The van der Waals surface area contributed by atoms with E-state index in [0.717, 1.165) is 16.9 Å². The van der Waals surface area contributed by atoms with Gasteiger partial charge in [-0.3, -0.25) is 14.7 Å². The minimum atomic E-state index is 0.0155. The molecule has 1 saturated heterocycles. The molecule has 0 spiro atoms. The van der Waals surface area contributed by atoms with Crippen LogP contribution in [0, 0.1) is 0 Å². The monoisotopic (exact) mass is 385 g/mol. The number of pyridine rings is 1. The van der Waals surface area contributed by atoms with Crippen LogP contribution in [0.1, 0.15) is 27.5 Å². The number of hydrogen-bond acceptors (Lipinski definition) is 4. The number of aliphatic hydroxyl groups is 1. The molecule has 146 valence electrons. The van der Waals surface area contributed by atoms with Crippen LogP contribution >= 0.6 is 0 Å². The molecule has 2 aliphatic heterocycles. The zero-order chi connectivity index (χ0) is 19.8. The van der Waals surface area contributed by atoms with Gasteiger partial charge in [-0.2, -0.15) is 0 Å². The SMILES string of the molecule is O=C(c1ccccc1)N1C[C@H]2[C@@H](c3ccccc31)[C@@H](CO)N2Cc1ccccn1. The zero-order valence-electron chi connectivity index (χ0n) is 16.1. The van der Waals surface area contributed by atoms with Crippen molar-refractivity contribution in [2.45, 2.75) is 24.5 Å². The molecule has 1 N–H and O–H groups in total. The highest BCUT2D eigenvalue weighted by atomic mass is 16.3. The third-order valence-electron chi connectivity index (χ3n) is 6.16. The average Bonchev–Trinajstić information content (AvgIpc) is 2.78. The number of carbonyl (C=O) groups is 1. The summed E-state index contributed by atoms with van der Waals surface area (Å²) in [6, 6.07) is 23.6. The van der Waals surface area contributed by atoms with Crippen LogP contribution in [-0.2, 0) is 6.54 Å². The number of aromatic nitrogens is 1. The standard InChI is InChI=1S/C24H23N3O2/c28-16-22-23-19-11-4-5-12-20(19)27(24(29)17-8-2-1-3-9-17)15-21(23)26(22)14-18-10-6-7-13-25-18/h1-13,21-23,28H,14-16H2/t21-,22+,23+/m0/s1. The van der Waals surface area contributed by atoms with Gasteiger partial charge < -0.3 is 10.0 Å². The van der Waals surface area contributed by atoms with Gasteiger partial charge in [-0.1, -0.05) is 42.5 Å². The summed E-state index contributed by atoms with van der Waals surface area (Å²) in [5.41, 5.74) is 3.77. The number of fused-ring (bicyclic) bond motifs is 3. The molecule has 1 aromatic heterocycles. The Morgan fingerprint density at radius 3 is 2.52 bits per heavy atom. The summed E-state index contributed by atoms with van der Waals surface area (Å²) < 4.78 is 0. The molecule has 0 aliphatic carbocycles. The van der Waals surface area contributed by atoms with Crippen LogP contribution in [0.25, 0.3) is 0 Å². The van der Waals surface area contributed by atoms with Crippen molar-refractivity contribution in [1.29, 1.82) is 0 Å². The third-order valence-corrected chi connectivity index (χ3v) is 6.16. The van der Waals surface area contributed by atoms with E-state index in [2.05, 4.69) is 16.0 Å².